The second-order valence-electron chi connectivity index (χ2n) is 5.85. The summed E-state index contributed by atoms with van der Waals surface area (Å²) in [5.41, 5.74) is 2.99. The van der Waals surface area contributed by atoms with Crippen molar-refractivity contribution in [1.82, 2.24) is 4.90 Å². The number of thioether (sulfide) groups is 1. The van der Waals surface area contributed by atoms with Crippen molar-refractivity contribution in [2.45, 2.75) is 30.8 Å². The molecule has 1 aliphatic heterocycles. The average molecular weight is 340 g/mol. The van der Waals surface area contributed by atoms with Crippen LogP contribution in [0.3, 0.4) is 0 Å². The lowest BCUT2D eigenvalue weighted by Gasteiger charge is -2.35. The zero-order chi connectivity index (χ0) is 17.1. The Kier molecular flexibility index (Phi) is 4.90. The Morgan fingerprint density at radius 2 is 1.75 bits per heavy atom. The van der Waals surface area contributed by atoms with E-state index in [1.165, 1.54) is 6.92 Å². The summed E-state index contributed by atoms with van der Waals surface area (Å²) in [5.74, 6) is -0.223. The number of carbonyl (C=O) groups is 2. The molecule has 4 nitrogen and oxygen atoms in total. The summed E-state index contributed by atoms with van der Waals surface area (Å²) in [7, 11) is 0. The molecular formula is C19H20N2O2S. The van der Waals surface area contributed by atoms with Crippen LogP contribution in [0.2, 0.25) is 0 Å². The summed E-state index contributed by atoms with van der Waals surface area (Å²) in [6, 6.07) is 15.2. The number of nitrogens with zero attached hydrogens (tertiary/aromatic N) is 1. The minimum Gasteiger partial charge on any atom is -0.326 e. The van der Waals surface area contributed by atoms with Crippen molar-refractivity contribution in [3.63, 3.8) is 0 Å². The van der Waals surface area contributed by atoms with Gasteiger partial charge in [-0.05, 0) is 41.6 Å². The summed E-state index contributed by atoms with van der Waals surface area (Å²) >= 11 is 1.66. The minimum atomic E-state index is -0.474. The Balaban J connectivity index is 1.80. The third-order valence-electron chi connectivity index (χ3n) is 4.31. The molecule has 1 unspecified atom stereocenters. The van der Waals surface area contributed by atoms with Crippen LogP contribution in [0.5, 0.6) is 0 Å². The maximum atomic E-state index is 12.7. The summed E-state index contributed by atoms with van der Waals surface area (Å²) in [5, 5.41) is 2.94. The topological polar surface area (TPSA) is 49.4 Å². The van der Waals surface area contributed by atoms with E-state index in [0.717, 1.165) is 21.7 Å². The highest BCUT2D eigenvalue weighted by Gasteiger charge is 2.32. The quantitative estimate of drug-likeness (QED) is 0.872. The number of rotatable bonds is 3. The summed E-state index contributed by atoms with van der Waals surface area (Å²) in [6.45, 7) is 2.00. The lowest BCUT2D eigenvalue weighted by molar-refractivity contribution is -0.138. The second-order valence-corrected chi connectivity index (χ2v) is 6.73. The largest absolute Gasteiger partial charge is 0.326 e. The Morgan fingerprint density at radius 3 is 2.38 bits per heavy atom. The fraction of sp³-hybridized carbons (Fsp3) is 0.263. The van der Waals surface area contributed by atoms with Gasteiger partial charge in [-0.25, -0.2) is 0 Å². The molecule has 2 amide bonds. The fourth-order valence-electron chi connectivity index (χ4n) is 2.99. The molecule has 0 spiro atoms. The monoisotopic (exact) mass is 340 g/mol. The van der Waals surface area contributed by atoms with Gasteiger partial charge < -0.3 is 10.2 Å². The molecule has 2 aromatic carbocycles. The molecular weight excluding hydrogens is 320 g/mol. The SMILES string of the molecule is CSc1ccc(NC(=O)C2Cc3ccccc3CN2C(C)=O)cc1. The predicted molar refractivity (Wildman–Crippen MR) is 97.0 cm³/mol. The maximum absolute atomic E-state index is 12.7. The van der Waals surface area contributed by atoms with Gasteiger partial charge in [0.05, 0.1) is 0 Å². The molecule has 2 aromatic rings. The molecule has 1 heterocycles. The normalized spacial score (nSPS) is 16.4. The molecule has 1 N–H and O–H groups in total. The van der Waals surface area contributed by atoms with Gasteiger partial charge in [0.2, 0.25) is 11.8 Å². The average Bonchev–Trinajstić information content (AvgIpc) is 2.61. The van der Waals surface area contributed by atoms with Crippen LogP contribution in [0.4, 0.5) is 5.69 Å². The number of nitrogens with one attached hydrogen (secondary N) is 1. The Labute approximate surface area is 146 Å². The molecule has 1 aliphatic rings. The third kappa shape index (κ3) is 3.46. The molecule has 24 heavy (non-hydrogen) atoms. The molecule has 0 fully saturated rings. The molecule has 3 rings (SSSR count). The first-order chi connectivity index (χ1) is 11.6. The van der Waals surface area contributed by atoms with Crippen LogP contribution < -0.4 is 5.32 Å². The van der Waals surface area contributed by atoms with E-state index in [1.54, 1.807) is 16.7 Å². The van der Waals surface area contributed by atoms with E-state index in [4.69, 9.17) is 0 Å². The smallest absolute Gasteiger partial charge is 0.247 e. The molecule has 0 aromatic heterocycles. The van der Waals surface area contributed by atoms with E-state index in [0.29, 0.717) is 13.0 Å². The van der Waals surface area contributed by atoms with Gasteiger partial charge >= 0.3 is 0 Å². The van der Waals surface area contributed by atoms with Crippen molar-refractivity contribution >= 4 is 29.3 Å². The molecule has 1 atom stereocenters. The van der Waals surface area contributed by atoms with E-state index in [1.807, 2.05) is 54.8 Å². The lowest BCUT2D eigenvalue weighted by Crippen LogP contribution is -2.49. The number of fused-ring (bicyclic) bond motifs is 1. The van der Waals surface area contributed by atoms with Crippen LogP contribution in [-0.4, -0.2) is 29.0 Å². The third-order valence-corrected chi connectivity index (χ3v) is 5.06. The van der Waals surface area contributed by atoms with Gasteiger partial charge in [0, 0.05) is 30.5 Å². The maximum Gasteiger partial charge on any atom is 0.247 e. The molecule has 0 aliphatic carbocycles. The molecule has 5 heteroatoms. The second kappa shape index (κ2) is 7.09. The van der Waals surface area contributed by atoms with E-state index < -0.39 is 6.04 Å². The van der Waals surface area contributed by atoms with Crippen LogP contribution in [0.25, 0.3) is 0 Å². The van der Waals surface area contributed by atoms with Crippen molar-refractivity contribution < 1.29 is 9.59 Å². The highest BCUT2D eigenvalue weighted by molar-refractivity contribution is 7.98. The Bertz CT molecular complexity index is 758. The lowest BCUT2D eigenvalue weighted by atomic mass is 9.93. The minimum absolute atomic E-state index is 0.0811. The molecule has 0 saturated carbocycles. The van der Waals surface area contributed by atoms with Gasteiger partial charge in [0.1, 0.15) is 6.04 Å². The first-order valence-corrected chi connectivity index (χ1v) is 9.10. The number of hydrogen-bond acceptors (Lipinski definition) is 3. The van der Waals surface area contributed by atoms with Crippen molar-refractivity contribution in [3.05, 3.63) is 59.7 Å². The summed E-state index contributed by atoms with van der Waals surface area (Å²) < 4.78 is 0. The number of carbonyl (C=O) groups excluding carboxylic acids is 2. The van der Waals surface area contributed by atoms with Gasteiger partial charge in [-0.15, -0.1) is 11.8 Å². The van der Waals surface area contributed by atoms with Crippen LogP contribution >= 0.6 is 11.8 Å². The van der Waals surface area contributed by atoms with E-state index in [-0.39, 0.29) is 11.8 Å². The standard InChI is InChI=1S/C19H20N2O2S/c1-13(22)21-12-15-6-4-3-5-14(15)11-18(21)19(23)20-16-7-9-17(24-2)10-8-16/h3-10,18H,11-12H2,1-2H3,(H,20,23). The van der Waals surface area contributed by atoms with Crippen molar-refractivity contribution in [2.24, 2.45) is 0 Å². The van der Waals surface area contributed by atoms with E-state index in [9.17, 15) is 9.59 Å². The Hall–Kier alpha value is -2.27. The van der Waals surface area contributed by atoms with Crippen LogP contribution in [0.15, 0.2) is 53.4 Å². The van der Waals surface area contributed by atoms with Crippen LogP contribution in [0.1, 0.15) is 18.1 Å². The number of hydrogen-bond donors (Lipinski definition) is 1. The van der Waals surface area contributed by atoms with Crippen molar-refractivity contribution in [2.75, 3.05) is 11.6 Å². The first kappa shape index (κ1) is 16.6. The van der Waals surface area contributed by atoms with Crippen molar-refractivity contribution in [3.8, 4) is 0 Å². The van der Waals surface area contributed by atoms with E-state index >= 15 is 0 Å². The highest BCUT2D eigenvalue weighted by Crippen LogP contribution is 2.25. The molecule has 0 saturated heterocycles. The van der Waals surface area contributed by atoms with Gasteiger partial charge in [-0.3, -0.25) is 9.59 Å². The van der Waals surface area contributed by atoms with Crippen molar-refractivity contribution in [1.29, 1.82) is 0 Å². The van der Waals surface area contributed by atoms with Gasteiger partial charge in [0.25, 0.3) is 0 Å². The number of anilines is 1. The van der Waals surface area contributed by atoms with Crippen LogP contribution in [0, 0.1) is 0 Å². The van der Waals surface area contributed by atoms with Gasteiger partial charge in [-0.2, -0.15) is 0 Å². The first-order valence-electron chi connectivity index (χ1n) is 7.87. The highest BCUT2D eigenvalue weighted by atomic mass is 32.2. The zero-order valence-electron chi connectivity index (χ0n) is 13.8. The van der Waals surface area contributed by atoms with Gasteiger partial charge in [0.15, 0.2) is 0 Å². The number of amides is 2. The predicted octanol–water partition coefficient (Wildman–Crippen LogP) is 3.32. The summed E-state index contributed by atoms with van der Waals surface area (Å²) in [6.07, 6.45) is 2.56. The zero-order valence-corrected chi connectivity index (χ0v) is 14.6. The number of benzene rings is 2. The molecule has 124 valence electrons. The summed E-state index contributed by atoms with van der Waals surface area (Å²) in [4.78, 5) is 27.5. The molecule has 0 radical (unpaired) electrons. The fourth-order valence-corrected chi connectivity index (χ4v) is 3.40. The molecule has 0 bridgehead atoms. The Morgan fingerprint density at radius 1 is 1.08 bits per heavy atom. The van der Waals surface area contributed by atoms with Gasteiger partial charge in [-0.1, -0.05) is 24.3 Å². The van der Waals surface area contributed by atoms with E-state index in [2.05, 4.69) is 5.32 Å². The van der Waals surface area contributed by atoms with Crippen LogP contribution in [-0.2, 0) is 22.6 Å².